The van der Waals surface area contributed by atoms with Crippen LogP contribution in [0, 0.1) is 0 Å². The van der Waals surface area contributed by atoms with Gasteiger partial charge >= 0.3 is 4.87 Å². The van der Waals surface area contributed by atoms with Gasteiger partial charge in [-0.3, -0.25) is 9.59 Å². The number of rotatable bonds is 5. The smallest absolute Gasteiger partial charge is 0.304 e. The minimum atomic E-state index is -0.298. The highest BCUT2D eigenvalue weighted by molar-refractivity contribution is 7.07. The van der Waals surface area contributed by atoms with Crippen LogP contribution in [0.4, 0.5) is 5.69 Å². The Hall–Kier alpha value is -2.28. The fourth-order valence-electron chi connectivity index (χ4n) is 1.71. The van der Waals surface area contributed by atoms with Gasteiger partial charge in [-0.05, 0) is 19.1 Å². The Labute approximate surface area is 119 Å². The number of amides is 1. The number of carbonyl (C=O) groups excluding carboxylic acids is 1. The summed E-state index contributed by atoms with van der Waals surface area (Å²) in [6.45, 7) is 2.49. The molecule has 0 saturated heterocycles. The summed E-state index contributed by atoms with van der Waals surface area (Å²) in [7, 11) is 0. The van der Waals surface area contributed by atoms with Crippen LogP contribution in [0.1, 0.15) is 23.0 Å². The Morgan fingerprint density at radius 3 is 2.95 bits per heavy atom. The number of H-pyrrole nitrogens is 1. The Morgan fingerprint density at radius 1 is 1.50 bits per heavy atom. The van der Waals surface area contributed by atoms with Gasteiger partial charge in [0.1, 0.15) is 0 Å². The van der Waals surface area contributed by atoms with Crippen molar-refractivity contribution >= 4 is 22.9 Å². The van der Waals surface area contributed by atoms with Crippen molar-refractivity contribution in [2.45, 2.75) is 13.5 Å². The average molecular weight is 293 g/mol. The Morgan fingerprint density at radius 2 is 2.30 bits per heavy atom. The minimum Gasteiger partial charge on any atom is -0.491 e. The van der Waals surface area contributed by atoms with Gasteiger partial charge in [-0.1, -0.05) is 17.4 Å². The quantitative estimate of drug-likeness (QED) is 0.725. The first-order valence-corrected chi connectivity index (χ1v) is 6.96. The lowest BCUT2D eigenvalue weighted by Gasteiger charge is -2.12. The van der Waals surface area contributed by atoms with Crippen molar-refractivity contribution in [3.63, 3.8) is 0 Å². The molecule has 20 heavy (non-hydrogen) atoms. The molecule has 106 valence electrons. The Bertz CT molecular complexity index is 663. The van der Waals surface area contributed by atoms with Crippen molar-refractivity contribution in [3.8, 4) is 5.75 Å². The lowest BCUT2D eigenvalue weighted by Crippen LogP contribution is -2.24. The fraction of sp³-hybridized carbons (Fsp3) is 0.231. The third-order valence-electron chi connectivity index (χ3n) is 2.59. The highest BCUT2D eigenvalue weighted by Gasteiger charge is 2.14. The van der Waals surface area contributed by atoms with E-state index in [1.54, 1.807) is 23.6 Å². The fourth-order valence-corrected chi connectivity index (χ4v) is 2.29. The van der Waals surface area contributed by atoms with E-state index in [0.717, 1.165) is 11.3 Å². The van der Waals surface area contributed by atoms with E-state index in [-0.39, 0.29) is 17.3 Å². The third-order valence-corrected chi connectivity index (χ3v) is 3.31. The van der Waals surface area contributed by atoms with Crippen molar-refractivity contribution in [2.75, 3.05) is 12.3 Å². The number of carbonyl (C=O) groups is 1. The molecule has 0 atom stereocenters. The topological polar surface area (TPSA) is 97.2 Å². The van der Waals surface area contributed by atoms with Gasteiger partial charge < -0.3 is 20.8 Å². The summed E-state index contributed by atoms with van der Waals surface area (Å²) >= 11 is 1.06. The number of aromatic amines is 1. The van der Waals surface area contributed by atoms with Crippen molar-refractivity contribution in [1.29, 1.82) is 0 Å². The zero-order chi connectivity index (χ0) is 14.5. The molecule has 1 heterocycles. The monoisotopic (exact) mass is 293 g/mol. The summed E-state index contributed by atoms with van der Waals surface area (Å²) in [6, 6.07) is 5.02. The minimum absolute atomic E-state index is 0.145. The molecule has 7 heteroatoms. The SMILES string of the molecule is CCOc1c(N)cccc1C(=O)NCc1csc(=O)[nH]1. The number of anilines is 1. The molecule has 0 radical (unpaired) electrons. The van der Waals surface area contributed by atoms with Crippen molar-refractivity contribution < 1.29 is 9.53 Å². The number of nitrogens with two attached hydrogens (primary N) is 1. The van der Waals surface area contributed by atoms with Gasteiger partial charge in [-0.15, -0.1) is 0 Å². The van der Waals surface area contributed by atoms with E-state index in [1.807, 2.05) is 6.92 Å². The van der Waals surface area contributed by atoms with E-state index >= 15 is 0 Å². The van der Waals surface area contributed by atoms with E-state index in [0.29, 0.717) is 29.3 Å². The van der Waals surface area contributed by atoms with Crippen LogP contribution in [-0.4, -0.2) is 17.5 Å². The van der Waals surface area contributed by atoms with Gasteiger partial charge in [0, 0.05) is 11.1 Å². The van der Waals surface area contributed by atoms with Crippen molar-refractivity contribution in [1.82, 2.24) is 10.3 Å². The number of para-hydroxylation sites is 1. The molecule has 2 rings (SSSR count). The summed E-state index contributed by atoms with van der Waals surface area (Å²) in [5.41, 5.74) is 7.27. The molecule has 0 fully saturated rings. The molecule has 6 nitrogen and oxygen atoms in total. The number of ether oxygens (including phenoxy) is 1. The van der Waals surface area contributed by atoms with Crippen molar-refractivity contribution in [2.24, 2.45) is 0 Å². The normalized spacial score (nSPS) is 10.2. The van der Waals surface area contributed by atoms with Gasteiger partial charge in [0.05, 0.1) is 24.4 Å². The second kappa shape index (κ2) is 6.25. The molecule has 0 bridgehead atoms. The number of hydrogen-bond acceptors (Lipinski definition) is 5. The van der Waals surface area contributed by atoms with Gasteiger partial charge in [0.25, 0.3) is 5.91 Å². The van der Waals surface area contributed by atoms with Crippen LogP contribution in [0.5, 0.6) is 5.75 Å². The zero-order valence-corrected chi connectivity index (χ0v) is 11.8. The maximum atomic E-state index is 12.1. The first kappa shape index (κ1) is 14.1. The molecule has 0 unspecified atom stereocenters. The Balaban J connectivity index is 2.12. The zero-order valence-electron chi connectivity index (χ0n) is 10.9. The molecule has 0 spiro atoms. The molecule has 0 aliphatic rings. The van der Waals surface area contributed by atoms with E-state index in [2.05, 4.69) is 10.3 Å². The third kappa shape index (κ3) is 3.18. The summed E-state index contributed by atoms with van der Waals surface area (Å²) in [6.07, 6.45) is 0. The largest absolute Gasteiger partial charge is 0.491 e. The second-order valence-corrected chi connectivity index (χ2v) is 4.86. The van der Waals surface area contributed by atoms with Crippen molar-refractivity contribution in [3.05, 3.63) is 44.5 Å². The highest BCUT2D eigenvalue weighted by Crippen LogP contribution is 2.26. The molecular formula is C13H15N3O3S. The molecular weight excluding hydrogens is 278 g/mol. The van der Waals surface area contributed by atoms with E-state index in [4.69, 9.17) is 10.5 Å². The highest BCUT2D eigenvalue weighted by atomic mass is 32.1. The van der Waals surface area contributed by atoms with Gasteiger partial charge in [-0.2, -0.15) is 0 Å². The van der Waals surface area contributed by atoms with E-state index in [1.165, 1.54) is 0 Å². The predicted molar refractivity (Wildman–Crippen MR) is 78.1 cm³/mol. The van der Waals surface area contributed by atoms with Crippen LogP contribution in [0.25, 0.3) is 0 Å². The van der Waals surface area contributed by atoms with Crippen LogP contribution in [0.2, 0.25) is 0 Å². The first-order valence-electron chi connectivity index (χ1n) is 6.08. The van der Waals surface area contributed by atoms with E-state index < -0.39 is 0 Å². The predicted octanol–water partition coefficient (Wildman–Crippen LogP) is 1.35. The van der Waals surface area contributed by atoms with Crippen LogP contribution >= 0.6 is 11.3 Å². The lowest BCUT2D eigenvalue weighted by atomic mass is 10.1. The summed E-state index contributed by atoms with van der Waals surface area (Å²) in [5, 5.41) is 4.39. The van der Waals surface area contributed by atoms with Crippen LogP contribution in [0.15, 0.2) is 28.4 Å². The summed E-state index contributed by atoms with van der Waals surface area (Å²) < 4.78 is 5.40. The Kier molecular flexibility index (Phi) is 4.41. The first-order chi connectivity index (χ1) is 9.61. The van der Waals surface area contributed by atoms with Gasteiger partial charge in [0.15, 0.2) is 5.75 Å². The molecule has 0 saturated carbocycles. The average Bonchev–Trinajstić information content (AvgIpc) is 2.84. The number of nitrogens with one attached hydrogen (secondary N) is 2. The molecule has 1 amide bonds. The molecule has 1 aromatic carbocycles. The summed E-state index contributed by atoms with van der Waals surface area (Å²) in [4.78, 5) is 25.6. The number of thiazole rings is 1. The second-order valence-electron chi connectivity index (χ2n) is 4.01. The van der Waals surface area contributed by atoms with Crippen LogP contribution in [0.3, 0.4) is 0 Å². The number of nitrogen functional groups attached to an aromatic ring is 1. The molecule has 1 aromatic heterocycles. The standard InChI is InChI=1S/C13H15N3O3S/c1-2-19-11-9(4-3-5-10(11)14)12(17)15-6-8-7-20-13(18)16-8/h3-5,7H,2,6,14H2,1H3,(H,15,17)(H,16,18). The van der Waals surface area contributed by atoms with Gasteiger partial charge in [0.2, 0.25) is 0 Å². The van der Waals surface area contributed by atoms with Crippen LogP contribution in [-0.2, 0) is 6.54 Å². The summed E-state index contributed by atoms with van der Waals surface area (Å²) in [5.74, 6) is 0.0825. The lowest BCUT2D eigenvalue weighted by molar-refractivity contribution is 0.0947. The molecule has 0 aliphatic carbocycles. The number of aromatic nitrogens is 1. The number of hydrogen-bond donors (Lipinski definition) is 3. The number of benzene rings is 1. The molecule has 0 aliphatic heterocycles. The van der Waals surface area contributed by atoms with E-state index in [9.17, 15) is 9.59 Å². The molecule has 2 aromatic rings. The maximum Gasteiger partial charge on any atom is 0.304 e. The van der Waals surface area contributed by atoms with Gasteiger partial charge in [-0.25, -0.2) is 0 Å². The maximum absolute atomic E-state index is 12.1. The molecule has 4 N–H and O–H groups in total. The van der Waals surface area contributed by atoms with Crippen LogP contribution < -0.4 is 20.7 Å².